The van der Waals surface area contributed by atoms with Crippen LogP contribution in [0.25, 0.3) is 0 Å². The highest BCUT2D eigenvalue weighted by Crippen LogP contribution is 2.20. The first kappa shape index (κ1) is 19.4. The standard InChI is InChI=1S/C22H25N5O/c1-4-27(5-2)19-13-11-17(12-14-19)24-21(28)20-15-16-23-22(25-20)26(3)18-9-7-6-8-10-18/h6-16H,4-5H2,1-3H3,(H,24,28). The smallest absolute Gasteiger partial charge is 0.274 e. The largest absolute Gasteiger partial charge is 0.372 e. The monoisotopic (exact) mass is 375 g/mol. The molecular formula is C22H25N5O. The third kappa shape index (κ3) is 4.46. The van der Waals surface area contributed by atoms with Crippen molar-refractivity contribution >= 4 is 28.9 Å². The van der Waals surface area contributed by atoms with Crippen molar-refractivity contribution in [3.8, 4) is 0 Å². The molecule has 3 rings (SSSR count). The first-order chi connectivity index (χ1) is 13.6. The van der Waals surface area contributed by atoms with E-state index >= 15 is 0 Å². The second kappa shape index (κ2) is 8.99. The van der Waals surface area contributed by atoms with Gasteiger partial charge in [0.1, 0.15) is 5.69 Å². The average molecular weight is 375 g/mol. The molecule has 0 unspecified atom stereocenters. The Labute approximate surface area is 165 Å². The molecule has 2 aromatic carbocycles. The van der Waals surface area contributed by atoms with Gasteiger partial charge in [0.15, 0.2) is 0 Å². The Hall–Kier alpha value is -3.41. The summed E-state index contributed by atoms with van der Waals surface area (Å²) in [6.07, 6.45) is 1.60. The molecule has 28 heavy (non-hydrogen) atoms. The molecule has 144 valence electrons. The minimum Gasteiger partial charge on any atom is -0.372 e. The summed E-state index contributed by atoms with van der Waals surface area (Å²) in [6.45, 7) is 6.14. The highest BCUT2D eigenvalue weighted by Gasteiger charge is 2.13. The minimum absolute atomic E-state index is 0.263. The lowest BCUT2D eigenvalue weighted by Crippen LogP contribution is -2.21. The van der Waals surface area contributed by atoms with Gasteiger partial charge in [0.2, 0.25) is 5.95 Å². The molecule has 0 radical (unpaired) electrons. The van der Waals surface area contributed by atoms with Gasteiger partial charge in [-0.25, -0.2) is 9.97 Å². The Morgan fingerprint density at radius 3 is 2.25 bits per heavy atom. The van der Waals surface area contributed by atoms with E-state index < -0.39 is 0 Å². The SMILES string of the molecule is CCN(CC)c1ccc(NC(=O)c2ccnc(N(C)c3ccccc3)n2)cc1. The molecule has 0 spiro atoms. The molecule has 0 saturated carbocycles. The average Bonchev–Trinajstić information content (AvgIpc) is 2.76. The Morgan fingerprint density at radius 1 is 0.929 bits per heavy atom. The molecule has 6 nitrogen and oxygen atoms in total. The van der Waals surface area contributed by atoms with Gasteiger partial charge < -0.3 is 15.1 Å². The summed E-state index contributed by atoms with van der Waals surface area (Å²) < 4.78 is 0. The van der Waals surface area contributed by atoms with Crippen molar-refractivity contribution in [3.05, 3.63) is 72.6 Å². The van der Waals surface area contributed by atoms with Gasteiger partial charge in [0.05, 0.1) is 0 Å². The summed E-state index contributed by atoms with van der Waals surface area (Å²) in [5, 5.41) is 2.90. The third-order valence-electron chi connectivity index (χ3n) is 4.57. The topological polar surface area (TPSA) is 61.4 Å². The molecule has 1 N–H and O–H groups in total. The van der Waals surface area contributed by atoms with E-state index in [4.69, 9.17) is 0 Å². The summed E-state index contributed by atoms with van der Waals surface area (Å²) in [7, 11) is 1.87. The van der Waals surface area contributed by atoms with Gasteiger partial charge in [-0.1, -0.05) is 18.2 Å². The van der Waals surface area contributed by atoms with Crippen molar-refractivity contribution in [2.45, 2.75) is 13.8 Å². The summed E-state index contributed by atoms with van der Waals surface area (Å²) in [5.74, 6) is 0.205. The number of carbonyl (C=O) groups is 1. The predicted octanol–water partition coefficient (Wildman–Crippen LogP) is 4.34. The molecule has 1 amide bonds. The molecule has 0 aliphatic rings. The molecular weight excluding hydrogens is 350 g/mol. The highest BCUT2D eigenvalue weighted by atomic mass is 16.1. The van der Waals surface area contributed by atoms with Gasteiger partial charge in [-0.05, 0) is 56.3 Å². The molecule has 3 aromatic rings. The number of aromatic nitrogens is 2. The second-order valence-electron chi connectivity index (χ2n) is 6.31. The van der Waals surface area contributed by atoms with Gasteiger partial charge in [0, 0.05) is 43.4 Å². The summed E-state index contributed by atoms with van der Waals surface area (Å²) >= 11 is 0. The van der Waals surface area contributed by atoms with E-state index in [1.54, 1.807) is 12.3 Å². The van der Waals surface area contributed by atoms with Gasteiger partial charge in [0.25, 0.3) is 5.91 Å². The van der Waals surface area contributed by atoms with Gasteiger partial charge >= 0.3 is 0 Å². The van der Waals surface area contributed by atoms with Gasteiger partial charge in [-0.2, -0.15) is 0 Å². The fraction of sp³-hybridized carbons (Fsp3) is 0.227. The molecule has 1 heterocycles. The number of rotatable bonds is 7. The number of benzene rings is 2. The summed E-state index contributed by atoms with van der Waals surface area (Å²) in [5.41, 5.74) is 3.14. The zero-order chi connectivity index (χ0) is 19.9. The molecule has 0 saturated heterocycles. The van der Waals surface area contributed by atoms with Crippen LogP contribution in [0, 0.1) is 0 Å². The van der Waals surface area contributed by atoms with Crippen LogP contribution in [0.15, 0.2) is 66.9 Å². The number of anilines is 4. The molecule has 6 heteroatoms. The highest BCUT2D eigenvalue weighted by molar-refractivity contribution is 6.03. The van der Waals surface area contributed by atoms with Crippen molar-refractivity contribution in [3.63, 3.8) is 0 Å². The molecule has 0 aliphatic heterocycles. The van der Waals surface area contributed by atoms with E-state index in [2.05, 4.69) is 34.0 Å². The van der Waals surface area contributed by atoms with Crippen LogP contribution in [0.5, 0.6) is 0 Å². The van der Waals surface area contributed by atoms with E-state index in [0.717, 1.165) is 30.2 Å². The van der Waals surface area contributed by atoms with E-state index in [-0.39, 0.29) is 5.91 Å². The van der Waals surface area contributed by atoms with E-state index in [1.165, 1.54) is 0 Å². The molecule has 0 aliphatic carbocycles. The van der Waals surface area contributed by atoms with Crippen molar-refractivity contribution in [2.75, 3.05) is 35.3 Å². The lowest BCUT2D eigenvalue weighted by atomic mass is 10.2. The van der Waals surface area contributed by atoms with Crippen LogP contribution in [-0.2, 0) is 0 Å². The van der Waals surface area contributed by atoms with Crippen molar-refractivity contribution in [2.24, 2.45) is 0 Å². The number of nitrogens with one attached hydrogen (secondary N) is 1. The zero-order valence-corrected chi connectivity index (χ0v) is 16.5. The number of para-hydroxylation sites is 1. The second-order valence-corrected chi connectivity index (χ2v) is 6.31. The molecule has 1 aromatic heterocycles. The first-order valence-corrected chi connectivity index (χ1v) is 9.40. The fourth-order valence-corrected chi connectivity index (χ4v) is 2.94. The number of carbonyl (C=O) groups excluding carboxylic acids is 1. The maximum Gasteiger partial charge on any atom is 0.274 e. The van der Waals surface area contributed by atoms with Crippen LogP contribution < -0.4 is 15.1 Å². The maximum atomic E-state index is 12.6. The molecule has 0 fully saturated rings. The quantitative estimate of drug-likeness (QED) is 0.665. The normalized spacial score (nSPS) is 10.4. The first-order valence-electron chi connectivity index (χ1n) is 9.40. The van der Waals surface area contributed by atoms with Gasteiger partial charge in [-0.3, -0.25) is 4.79 Å². The van der Waals surface area contributed by atoms with Crippen molar-refractivity contribution in [1.29, 1.82) is 0 Å². The number of hydrogen-bond donors (Lipinski definition) is 1. The van der Waals surface area contributed by atoms with Gasteiger partial charge in [-0.15, -0.1) is 0 Å². The Bertz CT molecular complexity index is 908. The van der Waals surface area contributed by atoms with Crippen LogP contribution in [0.2, 0.25) is 0 Å². The molecule has 0 atom stereocenters. The molecule has 0 bridgehead atoms. The van der Waals surface area contributed by atoms with Crippen molar-refractivity contribution in [1.82, 2.24) is 9.97 Å². The maximum absolute atomic E-state index is 12.6. The van der Waals surface area contributed by atoms with Crippen LogP contribution in [0.1, 0.15) is 24.3 Å². The Morgan fingerprint density at radius 2 is 1.61 bits per heavy atom. The summed E-state index contributed by atoms with van der Waals surface area (Å²) in [6, 6.07) is 19.2. The minimum atomic E-state index is -0.263. The number of hydrogen-bond acceptors (Lipinski definition) is 5. The van der Waals surface area contributed by atoms with Crippen LogP contribution in [0.4, 0.5) is 23.0 Å². The zero-order valence-electron chi connectivity index (χ0n) is 16.5. The lowest BCUT2D eigenvalue weighted by Gasteiger charge is -2.21. The van der Waals surface area contributed by atoms with Crippen LogP contribution in [0.3, 0.4) is 0 Å². The number of amides is 1. The predicted molar refractivity (Wildman–Crippen MR) is 114 cm³/mol. The Balaban J connectivity index is 1.73. The fourth-order valence-electron chi connectivity index (χ4n) is 2.94. The number of nitrogens with zero attached hydrogens (tertiary/aromatic N) is 4. The Kier molecular flexibility index (Phi) is 6.22. The lowest BCUT2D eigenvalue weighted by molar-refractivity contribution is 0.102. The van der Waals surface area contributed by atoms with E-state index in [0.29, 0.717) is 11.6 Å². The van der Waals surface area contributed by atoms with Crippen LogP contribution in [-0.4, -0.2) is 36.0 Å². The summed E-state index contributed by atoms with van der Waals surface area (Å²) in [4.78, 5) is 25.4. The van der Waals surface area contributed by atoms with Crippen LogP contribution >= 0.6 is 0 Å². The van der Waals surface area contributed by atoms with E-state index in [9.17, 15) is 4.79 Å². The van der Waals surface area contributed by atoms with Crippen molar-refractivity contribution < 1.29 is 4.79 Å². The third-order valence-corrected chi connectivity index (χ3v) is 4.57. The van der Waals surface area contributed by atoms with E-state index in [1.807, 2.05) is 66.5 Å².